The standard InChI is InChI=1S/C16H16ClF3N4O2/c1-26-8-2-7-21-15(25)13-5-6-14(24-23-13)22-10-3-4-12(17)11(9-10)16(18,19)20/h3-6,9H,2,7-8H2,1H3,(H,21,25)(H,22,24). The van der Waals surface area contributed by atoms with Gasteiger partial charge in [0.25, 0.3) is 5.91 Å². The number of carbonyl (C=O) groups excluding carboxylic acids is 1. The molecule has 0 aliphatic carbocycles. The van der Waals surface area contributed by atoms with Crippen molar-refractivity contribution < 1.29 is 22.7 Å². The summed E-state index contributed by atoms with van der Waals surface area (Å²) >= 11 is 5.57. The molecule has 1 aromatic heterocycles. The zero-order valence-electron chi connectivity index (χ0n) is 13.7. The average Bonchev–Trinajstić information content (AvgIpc) is 2.60. The highest BCUT2D eigenvalue weighted by Crippen LogP contribution is 2.36. The molecular weight excluding hydrogens is 373 g/mol. The second kappa shape index (κ2) is 8.81. The van der Waals surface area contributed by atoms with E-state index in [2.05, 4.69) is 20.8 Å². The predicted molar refractivity (Wildman–Crippen MR) is 90.6 cm³/mol. The lowest BCUT2D eigenvalue weighted by Gasteiger charge is -2.12. The lowest BCUT2D eigenvalue weighted by Crippen LogP contribution is -2.26. The summed E-state index contributed by atoms with van der Waals surface area (Å²) in [6, 6.07) is 6.26. The van der Waals surface area contributed by atoms with Gasteiger partial charge >= 0.3 is 6.18 Å². The number of nitrogens with zero attached hydrogens (tertiary/aromatic N) is 2. The topological polar surface area (TPSA) is 76.1 Å². The summed E-state index contributed by atoms with van der Waals surface area (Å²) in [4.78, 5) is 11.9. The first-order valence-electron chi connectivity index (χ1n) is 7.56. The van der Waals surface area contributed by atoms with Crippen LogP contribution in [0, 0.1) is 0 Å². The van der Waals surface area contributed by atoms with Crippen LogP contribution in [-0.4, -0.2) is 36.4 Å². The number of methoxy groups -OCH3 is 1. The average molecular weight is 389 g/mol. The van der Waals surface area contributed by atoms with Crippen LogP contribution in [0.4, 0.5) is 24.7 Å². The number of benzene rings is 1. The fourth-order valence-electron chi connectivity index (χ4n) is 2.00. The van der Waals surface area contributed by atoms with E-state index in [-0.39, 0.29) is 17.2 Å². The molecule has 0 saturated carbocycles. The third kappa shape index (κ3) is 5.57. The van der Waals surface area contributed by atoms with Gasteiger partial charge in [-0.3, -0.25) is 4.79 Å². The largest absolute Gasteiger partial charge is 0.417 e. The van der Waals surface area contributed by atoms with E-state index in [9.17, 15) is 18.0 Å². The summed E-state index contributed by atoms with van der Waals surface area (Å²) in [7, 11) is 1.57. The third-order valence-corrected chi connectivity index (χ3v) is 3.58. The SMILES string of the molecule is COCCCNC(=O)c1ccc(Nc2ccc(Cl)c(C(F)(F)F)c2)nn1. The van der Waals surface area contributed by atoms with Crippen LogP contribution in [0.5, 0.6) is 0 Å². The van der Waals surface area contributed by atoms with Crippen molar-refractivity contribution in [3.05, 3.63) is 46.6 Å². The van der Waals surface area contributed by atoms with Crippen LogP contribution in [0.15, 0.2) is 30.3 Å². The smallest absolute Gasteiger partial charge is 0.385 e. The minimum atomic E-state index is -4.56. The molecule has 2 N–H and O–H groups in total. The summed E-state index contributed by atoms with van der Waals surface area (Å²) in [5, 5.41) is 12.5. The van der Waals surface area contributed by atoms with Crippen LogP contribution in [0.2, 0.25) is 5.02 Å². The minimum Gasteiger partial charge on any atom is -0.385 e. The molecule has 2 rings (SSSR count). The fraction of sp³-hybridized carbons (Fsp3) is 0.312. The van der Waals surface area contributed by atoms with Gasteiger partial charge in [-0.25, -0.2) is 0 Å². The van der Waals surface area contributed by atoms with Crippen molar-refractivity contribution in [3.8, 4) is 0 Å². The molecule has 0 bridgehead atoms. The van der Waals surface area contributed by atoms with Crippen LogP contribution in [0.3, 0.4) is 0 Å². The number of carbonyl (C=O) groups is 1. The van der Waals surface area contributed by atoms with Crippen molar-refractivity contribution in [3.63, 3.8) is 0 Å². The zero-order valence-corrected chi connectivity index (χ0v) is 14.5. The molecule has 0 radical (unpaired) electrons. The minimum absolute atomic E-state index is 0.0973. The molecule has 10 heteroatoms. The maximum atomic E-state index is 12.9. The molecule has 6 nitrogen and oxygen atoms in total. The van der Waals surface area contributed by atoms with Crippen LogP contribution in [0.25, 0.3) is 0 Å². The van der Waals surface area contributed by atoms with Crippen molar-refractivity contribution >= 4 is 29.0 Å². The van der Waals surface area contributed by atoms with E-state index >= 15 is 0 Å². The van der Waals surface area contributed by atoms with E-state index < -0.39 is 22.7 Å². The van der Waals surface area contributed by atoms with E-state index in [0.29, 0.717) is 19.6 Å². The molecule has 0 aliphatic heterocycles. The van der Waals surface area contributed by atoms with Gasteiger partial charge in [0.15, 0.2) is 11.5 Å². The van der Waals surface area contributed by atoms with Crippen LogP contribution in [0.1, 0.15) is 22.5 Å². The highest BCUT2D eigenvalue weighted by atomic mass is 35.5. The quantitative estimate of drug-likeness (QED) is 0.708. The number of hydrogen-bond acceptors (Lipinski definition) is 5. The first-order valence-corrected chi connectivity index (χ1v) is 7.93. The van der Waals surface area contributed by atoms with Gasteiger partial charge in [0.05, 0.1) is 10.6 Å². The Labute approximate surface area is 152 Å². The first-order chi connectivity index (χ1) is 12.3. The monoisotopic (exact) mass is 388 g/mol. The number of hydrogen-bond donors (Lipinski definition) is 2. The van der Waals surface area contributed by atoms with E-state index in [1.165, 1.54) is 18.2 Å². The Hall–Kier alpha value is -2.39. The van der Waals surface area contributed by atoms with Gasteiger partial charge in [-0.15, -0.1) is 10.2 Å². The maximum absolute atomic E-state index is 12.9. The van der Waals surface area contributed by atoms with Crippen molar-refractivity contribution in [1.29, 1.82) is 0 Å². The molecule has 0 saturated heterocycles. The van der Waals surface area contributed by atoms with Gasteiger partial charge in [0.1, 0.15) is 0 Å². The summed E-state index contributed by atoms with van der Waals surface area (Å²) in [5.41, 5.74) is -0.711. The van der Waals surface area contributed by atoms with Gasteiger partial charge < -0.3 is 15.4 Å². The summed E-state index contributed by atoms with van der Waals surface area (Å²) < 4.78 is 43.5. The summed E-state index contributed by atoms with van der Waals surface area (Å²) in [6.07, 6.45) is -3.90. The number of alkyl halides is 3. The molecule has 1 aromatic carbocycles. The van der Waals surface area contributed by atoms with Crippen molar-refractivity contribution in [2.75, 3.05) is 25.6 Å². The lowest BCUT2D eigenvalue weighted by molar-refractivity contribution is -0.137. The highest BCUT2D eigenvalue weighted by Gasteiger charge is 2.33. The number of anilines is 2. The van der Waals surface area contributed by atoms with Crippen molar-refractivity contribution in [1.82, 2.24) is 15.5 Å². The summed E-state index contributed by atoms with van der Waals surface area (Å²) in [6.45, 7) is 0.954. The second-order valence-corrected chi connectivity index (χ2v) is 5.63. The normalized spacial score (nSPS) is 11.3. The van der Waals surface area contributed by atoms with Crippen molar-refractivity contribution in [2.24, 2.45) is 0 Å². The van der Waals surface area contributed by atoms with Crippen LogP contribution >= 0.6 is 11.6 Å². The fourth-order valence-corrected chi connectivity index (χ4v) is 2.22. The van der Waals surface area contributed by atoms with Gasteiger partial charge in [-0.05, 0) is 36.8 Å². The Kier molecular flexibility index (Phi) is 6.76. The van der Waals surface area contributed by atoms with Gasteiger partial charge in [0, 0.05) is 25.9 Å². The lowest BCUT2D eigenvalue weighted by atomic mass is 10.2. The molecular formula is C16H16ClF3N4O2. The van der Waals surface area contributed by atoms with Gasteiger partial charge in [-0.2, -0.15) is 13.2 Å². The van der Waals surface area contributed by atoms with Gasteiger partial charge in [-0.1, -0.05) is 11.6 Å². The second-order valence-electron chi connectivity index (χ2n) is 5.22. The van der Waals surface area contributed by atoms with E-state index in [4.69, 9.17) is 16.3 Å². The molecule has 140 valence electrons. The maximum Gasteiger partial charge on any atom is 0.417 e. The highest BCUT2D eigenvalue weighted by molar-refractivity contribution is 6.31. The number of amides is 1. The molecule has 0 unspecified atom stereocenters. The van der Waals surface area contributed by atoms with Crippen LogP contribution in [-0.2, 0) is 10.9 Å². The van der Waals surface area contributed by atoms with E-state index in [0.717, 1.165) is 12.1 Å². The predicted octanol–water partition coefficient (Wildman–Crippen LogP) is 3.66. The molecule has 1 amide bonds. The van der Waals surface area contributed by atoms with E-state index in [1.54, 1.807) is 7.11 Å². The Balaban J connectivity index is 2.02. The zero-order chi connectivity index (χ0) is 19.2. The molecule has 0 atom stereocenters. The Morgan fingerprint density at radius 1 is 1.23 bits per heavy atom. The third-order valence-electron chi connectivity index (χ3n) is 3.25. The number of nitrogens with one attached hydrogen (secondary N) is 2. The molecule has 1 heterocycles. The Morgan fingerprint density at radius 3 is 2.62 bits per heavy atom. The van der Waals surface area contributed by atoms with Crippen LogP contribution < -0.4 is 10.6 Å². The number of ether oxygens (including phenoxy) is 1. The van der Waals surface area contributed by atoms with E-state index in [1.807, 2.05) is 0 Å². The first kappa shape index (κ1) is 19.9. The molecule has 0 aliphatic rings. The number of halogens is 4. The molecule has 2 aromatic rings. The van der Waals surface area contributed by atoms with Crippen molar-refractivity contribution in [2.45, 2.75) is 12.6 Å². The van der Waals surface area contributed by atoms with Gasteiger partial charge in [0.2, 0.25) is 0 Å². The molecule has 26 heavy (non-hydrogen) atoms. The Bertz CT molecular complexity index is 754. The Morgan fingerprint density at radius 2 is 2.00 bits per heavy atom. The molecule has 0 fully saturated rings. The number of aromatic nitrogens is 2. The number of rotatable bonds is 7. The molecule has 0 spiro atoms. The summed E-state index contributed by atoms with van der Waals surface area (Å²) in [5.74, 6) is -0.206.